The molecule has 1 spiro atoms. The minimum Gasteiger partial charge on any atom is -0.140 e. The monoisotopic (exact) mass is 602 g/mol. The predicted molar refractivity (Wildman–Crippen MR) is 191 cm³/mol. The summed E-state index contributed by atoms with van der Waals surface area (Å²) >= 11 is 3.86. The zero-order valence-corrected chi connectivity index (χ0v) is 27.8. The molecule has 0 saturated heterocycles. The normalized spacial score (nSPS) is 17.8. The van der Waals surface area contributed by atoms with Gasteiger partial charge >= 0.3 is 0 Å². The Hall–Kier alpha value is -2.68. The van der Waals surface area contributed by atoms with Crippen LogP contribution in [-0.2, 0) is 5.41 Å². The molecule has 2 heterocycles. The first kappa shape index (κ1) is 29.1. The third kappa shape index (κ3) is 5.67. The van der Waals surface area contributed by atoms with Crippen molar-refractivity contribution < 1.29 is 0 Å². The molecule has 0 atom stereocenters. The van der Waals surface area contributed by atoms with Crippen molar-refractivity contribution in [2.45, 2.75) is 109 Å². The molecule has 3 aromatic carbocycles. The van der Waals surface area contributed by atoms with Crippen molar-refractivity contribution in [3.63, 3.8) is 0 Å². The molecule has 0 amide bonds. The minimum absolute atomic E-state index is 0.112. The lowest BCUT2D eigenvalue weighted by Crippen LogP contribution is -2.26. The summed E-state index contributed by atoms with van der Waals surface area (Å²) in [5.41, 5.74) is 9.21. The molecule has 2 aliphatic rings. The highest BCUT2D eigenvalue weighted by Crippen LogP contribution is 2.57. The molecular weight excluding hydrogens is 557 g/mol. The van der Waals surface area contributed by atoms with Gasteiger partial charge in [0.1, 0.15) is 0 Å². The Kier molecular flexibility index (Phi) is 8.61. The van der Waals surface area contributed by atoms with E-state index >= 15 is 0 Å². The van der Waals surface area contributed by atoms with E-state index in [2.05, 4.69) is 86.6 Å². The van der Waals surface area contributed by atoms with Crippen LogP contribution in [0.25, 0.3) is 42.1 Å². The molecule has 0 aliphatic heterocycles. The van der Waals surface area contributed by atoms with Gasteiger partial charge in [-0.2, -0.15) is 0 Å². The van der Waals surface area contributed by atoms with Crippen molar-refractivity contribution in [1.82, 2.24) is 0 Å². The highest BCUT2D eigenvalue weighted by atomic mass is 32.1. The topological polar surface area (TPSA) is 0 Å². The van der Waals surface area contributed by atoms with E-state index in [4.69, 9.17) is 0 Å². The quantitative estimate of drug-likeness (QED) is 0.188. The Bertz CT molecular complexity index is 1700. The van der Waals surface area contributed by atoms with Gasteiger partial charge in [0.15, 0.2) is 0 Å². The molecule has 1 saturated carbocycles. The van der Waals surface area contributed by atoms with Gasteiger partial charge in [0.2, 0.25) is 0 Å². The molecule has 1 fully saturated rings. The predicted octanol–water partition coefficient (Wildman–Crippen LogP) is 13.7. The molecule has 2 heteroatoms. The summed E-state index contributed by atoms with van der Waals surface area (Å²) in [4.78, 5) is 5.56. The van der Waals surface area contributed by atoms with Crippen LogP contribution in [0.15, 0.2) is 72.8 Å². The van der Waals surface area contributed by atoms with E-state index in [9.17, 15) is 0 Å². The molecule has 7 rings (SSSR count). The fourth-order valence-corrected chi connectivity index (χ4v) is 10.1. The van der Waals surface area contributed by atoms with Crippen LogP contribution in [0.5, 0.6) is 0 Å². The second-order valence-corrected chi connectivity index (χ2v) is 15.7. The first-order chi connectivity index (χ1) is 21.1. The van der Waals surface area contributed by atoms with Gasteiger partial charge in [-0.1, -0.05) is 120 Å². The van der Waals surface area contributed by atoms with E-state index in [1.807, 2.05) is 22.7 Å². The fraction of sp³-hybridized carbons (Fsp3) is 0.415. The molecule has 0 bridgehead atoms. The van der Waals surface area contributed by atoms with Crippen LogP contribution in [0.4, 0.5) is 0 Å². The van der Waals surface area contributed by atoms with Gasteiger partial charge < -0.3 is 0 Å². The number of benzene rings is 3. The van der Waals surface area contributed by atoms with Crippen LogP contribution in [0.1, 0.15) is 111 Å². The number of hydrogen-bond acceptors (Lipinski definition) is 2. The Morgan fingerprint density at radius 3 is 1.74 bits per heavy atom. The van der Waals surface area contributed by atoms with Crippen LogP contribution < -0.4 is 0 Å². The molecular formula is C41H46S2. The number of hydrogen-bond donors (Lipinski definition) is 0. The van der Waals surface area contributed by atoms with Crippen LogP contribution in [0.2, 0.25) is 0 Å². The van der Waals surface area contributed by atoms with Crippen molar-refractivity contribution in [3.8, 4) is 31.3 Å². The highest BCUT2D eigenvalue weighted by molar-refractivity contribution is 7.23. The Morgan fingerprint density at radius 2 is 1.09 bits per heavy atom. The summed E-state index contributed by atoms with van der Waals surface area (Å²) in [6.07, 6.45) is 19.3. The smallest absolute Gasteiger partial charge is 0.0449 e. The van der Waals surface area contributed by atoms with E-state index in [0.717, 1.165) is 0 Å². The lowest BCUT2D eigenvalue weighted by molar-refractivity contribution is 0.400. The van der Waals surface area contributed by atoms with Crippen molar-refractivity contribution in [2.24, 2.45) is 0 Å². The Labute approximate surface area is 267 Å². The van der Waals surface area contributed by atoms with Crippen molar-refractivity contribution in [2.75, 3.05) is 0 Å². The van der Waals surface area contributed by atoms with Gasteiger partial charge in [0.25, 0.3) is 0 Å². The number of thiophene rings is 2. The number of aryl methyl sites for hydroxylation is 2. The first-order valence-electron chi connectivity index (χ1n) is 17.0. The van der Waals surface area contributed by atoms with Gasteiger partial charge in [-0.05, 0) is 101 Å². The molecule has 5 aromatic rings. The minimum atomic E-state index is 0.112. The van der Waals surface area contributed by atoms with Gasteiger partial charge in [-0.25, -0.2) is 0 Å². The lowest BCUT2D eigenvalue weighted by Gasteiger charge is -2.33. The first-order valence-corrected chi connectivity index (χ1v) is 18.6. The van der Waals surface area contributed by atoms with Gasteiger partial charge in [0.05, 0.1) is 0 Å². The lowest BCUT2D eigenvalue weighted by atomic mass is 9.70. The molecule has 0 radical (unpaired) electrons. The number of fused-ring (bicyclic) bond motifs is 7. The maximum atomic E-state index is 2.63. The maximum Gasteiger partial charge on any atom is 0.0449 e. The van der Waals surface area contributed by atoms with Crippen molar-refractivity contribution >= 4 is 33.4 Å². The van der Waals surface area contributed by atoms with E-state index in [-0.39, 0.29) is 5.41 Å². The highest BCUT2D eigenvalue weighted by Gasteiger charge is 2.43. The standard InChI is InChI=1S/C41H46S2/c1-29-27-36-40(33-18-14-13-17-32(29)33)34-21-20-31(37-23-24-39(43-37)38-22-19-30(2)42-38)28-35(34)41(36)25-15-11-9-7-5-3-4-6-8-10-12-16-26-41/h13-14,17-24,27-28H,3-12,15-16,25-26H2,1-2H3. The largest absolute Gasteiger partial charge is 0.140 e. The average molecular weight is 603 g/mol. The van der Waals surface area contributed by atoms with Gasteiger partial charge in [-0.3, -0.25) is 0 Å². The van der Waals surface area contributed by atoms with Crippen molar-refractivity contribution in [3.05, 3.63) is 94.4 Å². The zero-order valence-electron chi connectivity index (χ0n) is 26.1. The molecule has 2 aromatic heterocycles. The Balaban J connectivity index is 1.35. The van der Waals surface area contributed by atoms with E-state index in [1.54, 1.807) is 11.1 Å². The van der Waals surface area contributed by atoms with Crippen LogP contribution in [-0.4, -0.2) is 0 Å². The summed E-state index contributed by atoms with van der Waals surface area (Å²) in [5.74, 6) is 0. The molecule has 43 heavy (non-hydrogen) atoms. The second-order valence-electron chi connectivity index (χ2n) is 13.3. The SMILES string of the molecule is Cc1ccc(-c2ccc(-c3ccc4c(c3)C3(CCCCCCCCCCCCCC3)c3cc(C)c5ccccc5c3-4)s2)s1. The van der Waals surface area contributed by atoms with Gasteiger partial charge in [0, 0.05) is 24.9 Å². The van der Waals surface area contributed by atoms with Crippen LogP contribution in [0.3, 0.4) is 0 Å². The van der Waals surface area contributed by atoms with Crippen molar-refractivity contribution in [1.29, 1.82) is 0 Å². The fourth-order valence-electron chi connectivity index (χ4n) is 8.16. The summed E-state index contributed by atoms with van der Waals surface area (Å²) in [5, 5.41) is 2.87. The third-order valence-corrected chi connectivity index (χ3v) is 12.7. The van der Waals surface area contributed by atoms with Gasteiger partial charge in [-0.15, -0.1) is 22.7 Å². The van der Waals surface area contributed by atoms with Crippen LogP contribution in [0, 0.1) is 13.8 Å². The third-order valence-electron chi connectivity index (χ3n) is 10.4. The molecule has 222 valence electrons. The molecule has 2 aliphatic carbocycles. The van der Waals surface area contributed by atoms with E-state index in [0.29, 0.717) is 0 Å². The maximum absolute atomic E-state index is 2.63. The number of rotatable bonds is 2. The summed E-state index contributed by atoms with van der Waals surface area (Å²) in [6.45, 7) is 4.55. The zero-order chi connectivity index (χ0) is 29.2. The second kappa shape index (κ2) is 12.7. The summed E-state index contributed by atoms with van der Waals surface area (Å²) in [6, 6.07) is 28.6. The van der Waals surface area contributed by atoms with E-state index < -0.39 is 0 Å². The van der Waals surface area contributed by atoms with E-state index in [1.165, 1.54) is 142 Å². The average Bonchev–Trinajstić information content (AvgIpc) is 3.74. The molecule has 0 N–H and O–H groups in total. The Morgan fingerprint density at radius 1 is 0.512 bits per heavy atom. The summed E-state index contributed by atoms with van der Waals surface area (Å²) in [7, 11) is 0. The molecule has 0 unspecified atom stereocenters. The summed E-state index contributed by atoms with van der Waals surface area (Å²) < 4.78 is 0. The molecule has 0 nitrogen and oxygen atoms in total. The van der Waals surface area contributed by atoms with Crippen LogP contribution >= 0.6 is 22.7 Å².